The monoisotopic (exact) mass is 449 g/mol. The zero-order valence-corrected chi connectivity index (χ0v) is 18.3. The minimum Gasteiger partial charge on any atom is -0.484 e. The predicted octanol–water partition coefficient (Wildman–Crippen LogP) is 1.40. The molecule has 10 nitrogen and oxygen atoms in total. The van der Waals surface area contributed by atoms with Gasteiger partial charge in [-0.2, -0.15) is 9.97 Å². The number of aromatic nitrogens is 2. The summed E-state index contributed by atoms with van der Waals surface area (Å²) in [6, 6.07) is 7.17. The number of carbonyl (C=O) groups excluding carboxylic acids is 2. The number of ether oxygens (including phenoxy) is 1. The fourth-order valence-corrected chi connectivity index (χ4v) is 4.93. The van der Waals surface area contributed by atoms with Gasteiger partial charge in [0, 0.05) is 37.0 Å². The molecular formula is C23H27N7O3. The molecule has 1 aromatic heterocycles. The highest BCUT2D eigenvalue weighted by molar-refractivity contribution is 5.80. The Kier molecular flexibility index (Phi) is 5.49. The number of amides is 2. The number of primary amides is 1. The van der Waals surface area contributed by atoms with Crippen LogP contribution in [-0.2, 0) is 16.0 Å². The first-order valence-corrected chi connectivity index (χ1v) is 11.1. The van der Waals surface area contributed by atoms with Crippen LogP contribution in [0.1, 0.15) is 12.0 Å². The molecule has 1 saturated carbocycles. The van der Waals surface area contributed by atoms with E-state index in [1.54, 1.807) is 19.2 Å². The van der Waals surface area contributed by atoms with Crippen LogP contribution in [0.2, 0.25) is 0 Å². The van der Waals surface area contributed by atoms with Crippen LogP contribution in [0.5, 0.6) is 5.75 Å². The average Bonchev–Trinajstić information content (AvgIpc) is 3.54. The van der Waals surface area contributed by atoms with Crippen LogP contribution in [0.15, 0.2) is 36.4 Å². The van der Waals surface area contributed by atoms with Gasteiger partial charge in [-0.15, -0.1) is 0 Å². The molecule has 1 aromatic carbocycles. The number of anilines is 4. The van der Waals surface area contributed by atoms with Crippen molar-refractivity contribution >= 4 is 35.1 Å². The number of hydrogen-bond acceptors (Lipinski definition) is 8. The van der Waals surface area contributed by atoms with E-state index in [2.05, 4.69) is 38.4 Å². The summed E-state index contributed by atoms with van der Waals surface area (Å²) in [7, 11) is 1.56. The van der Waals surface area contributed by atoms with Crippen molar-refractivity contribution in [3.63, 3.8) is 0 Å². The quantitative estimate of drug-likeness (QED) is 0.381. The summed E-state index contributed by atoms with van der Waals surface area (Å²) >= 11 is 0. The third-order valence-corrected chi connectivity index (χ3v) is 6.50. The molecule has 4 atom stereocenters. The lowest BCUT2D eigenvalue weighted by molar-refractivity contribution is -0.123. The molecule has 0 radical (unpaired) electrons. The molecule has 1 aliphatic heterocycles. The van der Waals surface area contributed by atoms with Gasteiger partial charge in [-0.3, -0.25) is 9.59 Å². The topological polar surface area (TPSA) is 143 Å². The number of carbonyl (C=O) groups is 2. The summed E-state index contributed by atoms with van der Waals surface area (Å²) in [4.78, 5) is 32.9. The standard InChI is InChI=1S/C23H27N7O3/c1-25-17(31)11-33-15-4-2-3-14(10-15)27-23-29-21-16(7-8-26-21)22(30-23)28-19-13-6-5-12(9-13)18(19)20(24)32/h2-6,10,12-13,18-19H,7-9,11H2,1H3,(H2,24,32)(H,25,31)(H3,26,27,28,29,30). The molecule has 0 saturated heterocycles. The molecule has 2 heterocycles. The van der Waals surface area contributed by atoms with Crippen LogP contribution in [0, 0.1) is 17.8 Å². The number of hydrogen-bond donors (Lipinski definition) is 5. The van der Waals surface area contributed by atoms with Crippen molar-refractivity contribution < 1.29 is 14.3 Å². The van der Waals surface area contributed by atoms with Gasteiger partial charge < -0.3 is 31.7 Å². The van der Waals surface area contributed by atoms with Gasteiger partial charge in [0.15, 0.2) is 6.61 Å². The summed E-state index contributed by atoms with van der Waals surface area (Å²) in [6.45, 7) is 0.715. The minimum atomic E-state index is -0.278. The number of rotatable bonds is 8. The Balaban J connectivity index is 1.37. The van der Waals surface area contributed by atoms with Gasteiger partial charge in [0.05, 0.1) is 5.92 Å². The lowest BCUT2D eigenvalue weighted by Crippen LogP contribution is -2.41. The zero-order chi connectivity index (χ0) is 22.9. The highest BCUT2D eigenvalue weighted by Crippen LogP contribution is 2.45. The third-order valence-electron chi connectivity index (χ3n) is 6.50. The van der Waals surface area contributed by atoms with E-state index in [4.69, 9.17) is 15.5 Å². The molecule has 5 rings (SSSR count). The van der Waals surface area contributed by atoms with Crippen molar-refractivity contribution in [2.24, 2.45) is 23.5 Å². The Morgan fingerprint density at radius 2 is 2.09 bits per heavy atom. The van der Waals surface area contributed by atoms with E-state index >= 15 is 0 Å². The molecule has 2 amide bonds. The first-order valence-electron chi connectivity index (χ1n) is 11.1. The second kappa shape index (κ2) is 8.61. The number of nitrogens with two attached hydrogens (primary N) is 1. The maximum atomic E-state index is 12.1. The molecule has 3 aliphatic rings. The highest BCUT2D eigenvalue weighted by atomic mass is 16.5. The van der Waals surface area contributed by atoms with Crippen LogP contribution in [0.25, 0.3) is 0 Å². The number of benzene rings is 1. The Bertz CT molecular complexity index is 1120. The molecule has 10 heteroatoms. The second-order valence-electron chi connectivity index (χ2n) is 8.56. The Hall–Kier alpha value is -3.82. The van der Waals surface area contributed by atoms with Crippen molar-refractivity contribution in [2.75, 3.05) is 36.1 Å². The van der Waals surface area contributed by atoms with Crippen LogP contribution in [-0.4, -0.2) is 48.0 Å². The van der Waals surface area contributed by atoms with E-state index < -0.39 is 0 Å². The van der Waals surface area contributed by atoms with Gasteiger partial charge in [-0.1, -0.05) is 18.2 Å². The maximum absolute atomic E-state index is 12.1. The smallest absolute Gasteiger partial charge is 0.257 e. The third kappa shape index (κ3) is 4.15. The van der Waals surface area contributed by atoms with Crippen molar-refractivity contribution in [1.82, 2.24) is 15.3 Å². The van der Waals surface area contributed by atoms with E-state index in [9.17, 15) is 9.59 Å². The van der Waals surface area contributed by atoms with Crippen molar-refractivity contribution in [2.45, 2.75) is 18.9 Å². The zero-order valence-electron chi connectivity index (χ0n) is 18.3. The largest absolute Gasteiger partial charge is 0.484 e. The molecular weight excluding hydrogens is 422 g/mol. The number of nitrogens with one attached hydrogen (secondary N) is 4. The first kappa shape index (κ1) is 21.0. The fraction of sp³-hybridized carbons (Fsp3) is 0.391. The highest BCUT2D eigenvalue weighted by Gasteiger charge is 2.47. The molecule has 0 spiro atoms. The first-order chi connectivity index (χ1) is 16.0. The summed E-state index contributed by atoms with van der Waals surface area (Å²) in [5, 5.41) is 12.6. The van der Waals surface area contributed by atoms with Gasteiger partial charge in [-0.25, -0.2) is 0 Å². The Morgan fingerprint density at radius 3 is 2.91 bits per heavy atom. The average molecular weight is 450 g/mol. The number of nitrogens with zero attached hydrogens (tertiary/aromatic N) is 2. The summed E-state index contributed by atoms with van der Waals surface area (Å²) in [5.41, 5.74) is 7.47. The molecule has 2 aliphatic carbocycles. The second-order valence-corrected chi connectivity index (χ2v) is 8.56. The van der Waals surface area contributed by atoms with Crippen LogP contribution >= 0.6 is 0 Å². The van der Waals surface area contributed by atoms with Crippen molar-refractivity contribution in [3.05, 3.63) is 42.0 Å². The molecule has 2 aromatic rings. The normalized spacial score (nSPS) is 24.2. The molecule has 1 fully saturated rings. The molecule has 172 valence electrons. The van der Waals surface area contributed by atoms with Gasteiger partial charge in [0.25, 0.3) is 5.91 Å². The van der Waals surface area contributed by atoms with E-state index in [0.29, 0.717) is 11.7 Å². The van der Waals surface area contributed by atoms with Crippen molar-refractivity contribution in [1.29, 1.82) is 0 Å². The fourth-order valence-electron chi connectivity index (χ4n) is 4.93. The molecule has 4 unspecified atom stereocenters. The molecule has 33 heavy (non-hydrogen) atoms. The van der Waals surface area contributed by atoms with E-state index in [1.807, 2.05) is 12.1 Å². The number of likely N-dealkylation sites (N-methyl/N-ethyl adjacent to an activating group) is 1. The van der Waals surface area contributed by atoms with Crippen LogP contribution < -0.4 is 31.7 Å². The lowest BCUT2D eigenvalue weighted by Gasteiger charge is -2.28. The van der Waals surface area contributed by atoms with E-state index in [0.717, 1.165) is 42.3 Å². The SMILES string of the molecule is CNC(=O)COc1cccc(Nc2nc3c(c(NC4C5C=CC(C5)C4C(N)=O)n2)CCN3)c1. The van der Waals surface area contributed by atoms with E-state index in [-0.39, 0.29) is 42.2 Å². The Morgan fingerprint density at radius 1 is 1.24 bits per heavy atom. The summed E-state index contributed by atoms with van der Waals surface area (Å²) in [6.07, 6.45) is 6.02. The Labute approximate surface area is 191 Å². The van der Waals surface area contributed by atoms with Gasteiger partial charge in [0.2, 0.25) is 11.9 Å². The van der Waals surface area contributed by atoms with Gasteiger partial charge >= 0.3 is 0 Å². The van der Waals surface area contributed by atoms with Crippen molar-refractivity contribution in [3.8, 4) is 5.75 Å². The summed E-state index contributed by atoms with van der Waals surface area (Å²) in [5.74, 6) is 2.19. The predicted molar refractivity (Wildman–Crippen MR) is 124 cm³/mol. The van der Waals surface area contributed by atoms with E-state index in [1.165, 1.54) is 0 Å². The maximum Gasteiger partial charge on any atom is 0.257 e. The summed E-state index contributed by atoms with van der Waals surface area (Å²) < 4.78 is 5.52. The molecule has 6 N–H and O–H groups in total. The van der Waals surface area contributed by atoms with Gasteiger partial charge in [0.1, 0.15) is 17.4 Å². The van der Waals surface area contributed by atoms with Gasteiger partial charge in [-0.05, 0) is 36.8 Å². The van der Waals surface area contributed by atoms with Crippen LogP contribution in [0.4, 0.5) is 23.3 Å². The number of allylic oxidation sites excluding steroid dienone is 1. The number of fused-ring (bicyclic) bond motifs is 3. The molecule has 2 bridgehead atoms. The minimum absolute atomic E-state index is 0.0632. The lowest BCUT2D eigenvalue weighted by atomic mass is 9.88. The van der Waals surface area contributed by atoms with Crippen LogP contribution in [0.3, 0.4) is 0 Å².